The van der Waals surface area contributed by atoms with Crippen LogP contribution in [0.4, 0.5) is 9.59 Å². The van der Waals surface area contributed by atoms with Crippen LogP contribution in [0.15, 0.2) is 30.3 Å². The van der Waals surface area contributed by atoms with E-state index in [1.165, 1.54) is 7.05 Å². The van der Waals surface area contributed by atoms with Crippen molar-refractivity contribution >= 4 is 24.2 Å². The second-order valence-corrected chi connectivity index (χ2v) is 7.97. The Balaban J connectivity index is 2.88. The Labute approximate surface area is 182 Å². The van der Waals surface area contributed by atoms with E-state index in [0.29, 0.717) is 6.42 Å². The van der Waals surface area contributed by atoms with E-state index >= 15 is 0 Å². The molecule has 0 heterocycles. The van der Waals surface area contributed by atoms with Gasteiger partial charge in [-0.25, -0.2) is 14.4 Å². The summed E-state index contributed by atoms with van der Waals surface area (Å²) in [5, 5.41) is 0. The van der Waals surface area contributed by atoms with Crippen LogP contribution in [-0.4, -0.2) is 53.9 Å². The molecular formula is C22H31NO8. The Hall–Kier alpha value is -3.10. The molecule has 0 bridgehead atoms. The number of rotatable bonds is 8. The van der Waals surface area contributed by atoms with Gasteiger partial charge >= 0.3 is 24.2 Å². The molecule has 1 aromatic rings. The third-order valence-corrected chi connectivity index (χ3v) is 4.07. The molecule has 9 heteroatoms. The van der Waals surface area contributed by atoms with Crippen molar-refractivity contribution in [2.45, 2.75) is 71.8 Å². The smallest absolute Gasteiger partial charge is 0.460 e. The normalized spacial score (nSPS) is 12.8. The molecule has 0 spiro atoms. The average molecular weight is 437 g/mol. The fourth-order valence-corrected chi connectivity index (χ4v) is 2.29. The molecule has 1 aromatic carbocycles. The number of hydrogen-bond acceptors (Lipinski definition) is 8. The molecule has 1 rings (SSSR count). The standard InChI is InChI=1S/C22H31NO8/c1-7-15(2)29-21(27)30-19(25)17(13-18(24)31-22(3,4)5)23(6)20(26)28-14-16-11-9-8-10-12-16/h8-12,15,17H,7,13-14H2,1-6H3/t15?,17-/m0/s1. The zero-order chi connectivity index (χ0) is 23.6. The van der Waals surface area contributed by atoms with Crippen LogP contribution in [0, 0.1) is 0 Å². The van der Waals surface area contributed by atoms with Gasteiger partial charge in [-0.3, -0.25) is 9.69 Å². The maximum atomic E-state index is 12.6. The Morgan fingerprint density at radius 1 is 1.06 bits per heavy atom. The molecule has 9 nitrogen and oxygen atoms in total. The van der Waals surface area contributed by atoms with Gasteiger partial charge in [0.2, 0.25) is 0 Å². The van der Waals surface area contributed by atoms with E-state index in [0.717, 1.165) is 10.5 Å². The maximum absolute atomic E-state index is 12.6. The first kappa shape index (κ1) is 25.9. The van der Waals surface area contributed by atoms with Crippen molar-refractivity contribution in [2.75, 3.05) is 7.05 Å². The van der Waals surface area contributed by atoms with E-state index in [4.69, 9.17) is 18.9 Å². The molecule has 1 amide bonds. The lowest BCUT2D eigenvalue weighted by Crippen LogP contribution is -2.46. The number of benzene rings is 1. The van der Waals surface area contributed by atoms with Crippen molar-refractivity contribution in [1.29, 1.82) is 0 Å². The highest BCUT2D eigenvalue weighted by atomic mass is 16.7. The molecule has 0 saturated heterocycles. The van der Waals surface area contributed by atoms with Gasteiger partial charge in [0.05, 0.1) is 6.42 Å². The molecule has 0 N–H and O–H groups in total. The molecular weight excluding hydrogens is 406 g/mol. The summed E-state index contributed by atoms with van der Waals surface area (Å²) < 4.78 is 20.0. The highest BCUT2D eigenvalue weighted by Gasteiger charge is 2.35. The molecule has 31 heavy (non-hydrogen) atoms. The van der Waals surface area contributed by atoms with Crippen LogP contribution in [0.1, 0.15) is 53.0 Å². The monoisotopic (exact) mass is 437 g/mol. The molecule has 0 aliphatic rings. The number of esters is 2. The second kappa shape index (κ2) is 11.9. The number of carbonyl (C=O) groups is 4. The van der Waals surface area contributed by atoms with Crippen molar-refractivity contribution in [2.24, 2.45) is 0 Å². The molecule has 1 unspecified atom stereocenters. The van der Waals surface area contributed by atoms with Gasteiger partial charge in [-0.1, -0.05) is 37.3 Å². The number of likely N-dealkylation sites (N-methyl/N-ethyl adjacent to an activating group) is 1. The molecule has 0 radical (unpaired) electrons. The largest absolute Gasteiger partial charge is 0.516 e. The van der Waals surface area contributed by atoms with Gasteiger partial charge in [-0.2, -0.15) is 0 Å². The molecule has 0 aromatic heterocycles. The topological polar surface area (TPSA) is 108 Å². The lowest BCUT2D eigenvalue weighted by molar-refractivity contribution is -0.160. The predicted octanol–water partition coefficient (Wildman–Crippen LogP) is 3.83. The lowest BCUT2D eigenvalue weighted by atomic mass is 10.1. The first-order valence-electron chi connectivity index (χ1n) is 10.0. The van der Waals surface area contributed by atoms with Crippen molar-refractivity contribution in [3.63, 3.8) is 0 Å². The van der Waals surface area contributed by atoms with Gasteiger partial charge < -0.3 is 18.9 Å². The Morgan fingerprint density at radius 2 is 1.68 bits per heavy atom. The summed E-state index contributed by atoms with van der Waals surface area (Å²) in [6.45, 7) is 8.39. The van der Waals surface area contributed by atoms with E-state index in [1.54, 1.807) is 58.9 Å². The molecule has 0 fully saturated rings. The van der Waals surface area contributed by atoms with Crippen LogP contribution in [0.5, 0.6) is 0 Å². The van der Waals surface area contributed by atoms with Crippen molar-refractivity contribution in [3.05, 3.63) is 35.9 Å². The van der Waals surface area contributed by atoms with Crippen LogP contribution in [0.3, 0.4) is 0 Å². The first-order chi connectivity index (χ1) is 14.4. The van der Waals surface area contributed by atoms with Crippen LogP contribution < -0.4 is 0 Å². The number of carbonyl (C=O) groups excluding carboxylic acids is 4. The van der Waals surface area contributed by atoms with E-state index in [-0.39, 0.29) is 6.61 Å². The first-order valence-corrected chi connectivity index (χ1v) is 10.0. The lowest BCUT2D eigenvalue weighted by Gasteiger charge is -2.26. The molecule has 0 aliphatic heterocycles. The summed E-state index contributed by atoms with van der Waals surface area (Å²) in [7, 11) is 1.27. The summed E-state index contributed by atoms with van der Waals surface area (Å²) >= 11 is 0. The zero-order valence-electron chi connectivity index (χ0n) is 18.9. The SMILES string of the molecule is CCC(C)OC(=O)OC(=O)[C@H](CC(=O)OC(C)(C)C)N(C)C(=O)OCc1ccccc1. The molecule has 0 aliphatic carbocycles. The fourth-order valence-electron chi connectivity index (χ4n) is 2.29. The highest BCUT2D eigenvalue weighted by molar-refractivity contribution is 5.91. The van der Waals surface area contributed by atoms with Crippen molar-refractivity contribution in [1.82, 2.24) is 4.90 Å². The summed E-state index contributed by atoms with van der Waals surface area (Å²) in [6, 6.07) is 7.50. The van der Waals surface area contributed by atoms with Crippen LogP contribution in [-0.2, 0) is 35.1 Å². The Morgan fingerprint density at radius 3 is 2.23 bits per heavy atom. The number of nitrogens with zero attached hydrogens (tertiary/aromatic N) is 1. The summed E-state index contributed by atoms with van der Waals surface area (Å²) in [6.07, 6.45) is -2.54. The minimum atomic E-state index is -1.44. The van der Waals surface area contributed by atoms with E-state index in [9.17, 15) is 19.2 Å². The van der Waals surface area contributed by atoms with Crippen LogP contribution in [0.25, 0.3) is 0 Å². The number of amides is 1. The average Bonchev–Trinajstić information content (AvgIpc) is 2.68. The van der Waals surface area contributed by atoms with E-state index in [1.807, 2.05) is 6.07 Å². The van der Waals surface area contributed by atoms with E-state index in [2.05, 4.69) is 0 Å². The maximum Gasteiger partial charge on any atom is 0.516 e. The van der Waals surface area contributed by atoms with Gasteiger partial charge in [0.1, 0.15) is 24.4 Å². The number of hydrogen-bond donors (Lipinski definition) is 0. The minimum absolute atomic E-state index is 0.0335. The summed E-state index contributed by atoms with van der Waals surface area (Å²) in [5.74, 6) is -1.87. The van der Waals surface area contributed by atoms with Crippen LogP contribution in [0.2, 0.25) is 0 Å². The van der Waals surface area contributed by atoms with E-state index < -0.39 is 48.4 Å². The van der Waals surface area contributed by atoms with Gasteiger partial charge in [0.15, 0.2) is 0 Å². The Bertz CT molecular complexity index is 757. The minimum Gasteiger partial charge on any atom is -0.460 e. The van der Waals surface area contributed by atoms with Gasteiger partial charge in [-0.05, 0) is 39.7 Å². The summed E-state index contributed by atoms with van der Waals surface area (Å²) in [4.78, 5) is 50.0. The fraction of sp³-hybridized carbons (Fsp3) is 0.545. The Kier molecular flexibility index (Phi) is 9.98. The van der Waals surface area contributed by atoms with Gasteiger partial charge in [0, 0.05) is 7.05 Å². The number of ether oxygens (including phenoxy) is 4. The molecule has 0 saturated carbocycles. The van der Waals surface area contributed by atoms with Crippen molar-refractivity contribution in [3.8, 4) is 0 Å². The summed E-state index contributed by atoms with van der Waals surface area (Å²) in [5.41, 5.74) is -0.0550. The third kappa shape index (κ3) is 9.97. The van der Waals surface area contributed by atoms with Gasteiger partial charge in [0.25, 0.3) is 0 Å². The van der Waals surface area contributed by atoms with Crippen molar-refractivity contribution < 1.29 is 38.1 Å². The quantitative estimate of drug-likeness (QED) is 0.343. The highest BCUT2D eigenvalue weighted by Crippen LogP contribution is 2.15. The van der Waals surface area contributed by atoms with Crippen LogP contribution >= 0.6 is 0 Å². The molecule has 172 valence electrons. The molecule has 2 atom stereocenters. The second-order valence-electron chi connectivity index (χ2n) is 7.97. The third-order valence-electron chi connectivity index (χ3n) is 4.07. The van der Waals surface area contributed by atoms with Gasteiger partial charge in [-0.15, -0.1) is 0 Å². The zero-order valence-corrected chi connectivity index (χ0v) is 18.9. The predicted molar refractivity (Wildman–Crippen MR) is 111 cm³/mol.